The van der Waals surface area contributed by atoms with Gasteiger partial charge in [0.2, 0.25) is 0 Å². The minimum Gasteiger partial charge on any atom is -0.309 e. The number of aryl methyl sites for hydroxylation is 2. The van der Waals surface area contributed by atoms with E-state index in [-0.39, 0.29) is 10.8 Å². The monoisotopic (exact) mass is 1660 g/mol. The summed E-state index contributed by atoms with van der Waals surface area (Å²) in [5.41, 5.74) is 29.6. The summed E-state index contributed by atoms with van der Waals surface area (Å²) in [5.74, 6) is 0. The molecule has 4 aromatic heterocycles. The zero-order chi connectivity index (χ0) is 89.4. The summed E-state index contributed by atoms with van der Waals surface area (Å²) in [4.78, 5) is 15.0. The Morgan fingerprint density at radius 2 is 0.415 bits per heavy atom. The van der Waals surface area contributed by atoms with Crippen LogP contribution in [0.4, 0.5) is 22.7 Å². The van der Waals surface area contributed by atoms with Crippen LogP contribution in [0, 0.1) is 85.5 Å². The van der Waals surface area contributed by atoms with Gasteiger partial charge >= 0.3 is 0 Å². The summed E-state index contributed by atoms with van der Waals surface area (Å²) in [6, 6.07) is 118. The zero-order valence-corrected chi connectivity index (χ0v) is 72.4. The molecule has 0 unspecified atom stereocenters. The third-order valence-electron chi connectivity index (χ3n) is 26.0. The summed E-state index contributed by atoms with van der Waals surface area (Å²) in [6.45, 7) is 48.8. The zero-order valence-electron chi connectivity index (χ0n) is 72.4. The first-order chi connectivity index (χ1) is 63.1. The molecule has 0 spiro atoms. The van der Waals surface area contributed by atoms with Gasteiger partial charge in [0.15, 0.2) is 22.7 Å². The Bertz CT molecular complexity index is 8270. The number of hydrogen-bond donors (Lipinski definition) is 0. The van der Waals surface area contributed by atoms with Gasteiger partial charge in [0, 0.05) is 44.3 Å². The van der Waals surface area contributed by atoms with Crippen molar-refractivity contribution >= 4 is 153 Å². The van der Waals surface area contributed by atoms with Gasteiger partial charge in [0.1, 0.15) is 0 Å². The van der Waals surface area contributed by atoms with Crippen molar-refractivity contribution in [2.45, 2.75) is 66.2 Å². The molecular weight excluding hydrogens is 1590 g/mol. The second kappa shape index (κ2) is 30.5. The molecule has 0 aliphatic heterocycles. The minimum absolute atomic E-state index is 0.0330. The van der Waals surface area contributed by atoms with Crippen LogP contribution in [0.5, 0.6) is 0 Å². The molecule has 130 heavy (non-hydrogen) atoms. The quantitative estimate of drug-likeness (QED) is 0.111. The number of benzene rings is 18. The molecule has 22 rings (SSSR count). The van der Waals surface area contributed by atoms with Crippen LogP contribution in [-0.2, 0) is 10.8 Å². The SMILES string of the molecule is [C-]#[N+]c1ccc2c(c1)c1cc(C#N)ccc1n2-c1ccc2c(-c3ccc(C(C)(C)C)cc3)c3cc(-n4c5ccc(C#N)cc5c5cc([N+]#[C-])ccc54)ccc3c(-c3ccc(C(C)(C)C)cc3)c2c1.[C-]#[N+]c1ccc2c(c1)c1cc(C#N)ccc1n2-c1ccc2c(-c3ccc(C)cc3)c3cc(-n4c5ccc(C#N)cc5c5cc([N+]#[C-])ccc54)ccc3c(-c3ccc(C)cc3)c2c1. The van der Waals surface area contributed by atoms with E-state index >= 15 is 0 Å². The lowest BCUT2D eigenvalue weighted by atomic mass is 9.82. The van der Waals surface area contributed by atoms with Crippen molar-refractivity contribution in [1.29, 1.82) is 21.0 Å². The Kier molecular flexibility index (Phi) is 18.6. The van der Waals surface area contributed by atoms with Crippen LogP contribution in [0.15, 0.2) is 315 Å². The third-order valence-corrected chi connectivity index (χ3v) is 26.0. The van der Waals surface area contributed by atoms with E-state index in [0.717, 1.165) is 198 Å². The molecule has 12 heteroatoms. The van der Waals surface area contributed by atoms with Gasteiger partial charge in [-0.3, -0.25) is 0 Å². The average Bonchev–Trinajstić information content (AvgIpc) is 1.43. The summed E-state index contributed by atoms with van der Waals surface area (Å²) in [7, 11) is 0. The maximum atomic E-state index is 9.95. The average molecular weight is 1660 g/mol. The summed E-state index contributed by atoms with van der Waals surface area (Å²) >= 11 is 0. The maximum Gasteiger partial charge on any atom is 0.188 e. The van der Waals surface area contributed by atoms with E-state index in [0.29, 0.717) is 45.0 Å². The fraction of sp³-hybridized carbons (Fsp3) is 0.0847. The van der Waals surface area contributed by atoms with Gasteiger partial charge in [0.05, 0.1) is 117 Å². The molecule has 0 saturated carbocycles. The molecule has 18 aromatic carbocycles. The van der Waals surface area contributed by atoms with E-state index in [1.54, 1.807) is 0 Å². The largest absolute Gasteiger partial charge is 0.309 e. The van der Waals surface area contributed by atoms with Gasteiger partial charge in [-0.2, -0.15) is 21.0 Å². The Labute approximate surface area is 750 Å². The van der Waals surface area contributed by atoms with E-state index in [2.05, 4.69) is 287 Å². The van der Waals surface area contributed by atoms with Crippen LogP contribution in [0.1, 0.15) is 86.1 Å². The second-order valence-electron chi connectivity index (χ2n) is 35.8. The fourth-order valence-electron chi connectivity index (χ4n) is 19.6. The lowest BCUT2D eigenvalue weighted by Crippen LogP contribution is -2.10. The van der Waals surface area contributed by atoms with Crippen molar-refractivity contribution in [2.24, 2.45) is 0 Å². The molecule has 608 valence electrons. The fourth-order valence-corrected chi connectivity index (χ4v) is 19.6. The van der Waals surface area contributed by atoms with E-state index in [1.807, 2.05) is 146 Å². The molecule has 0 aliphatic carbocycles. The number of nitriles is 4. The molecule has 22 aromatic rings. The van der Waals surface area contributed by atoms with Gasteiger partial charge in [0.25, 0.3) is 0 Å². The van der Waals surface area contributed by atoms with E-state index in [9.17, 15) is 21.0 Å². The number of aromatic nitrogens is 4. The van der Waals surface area contributed by atoms with Crippen LogP contribution < -0.4 is 0 Å². The predicted octanol–water partition coefficient (Wildman–Crippen LogP) is 31.9. The molecule has 0 N–H and O–H groups in total. The van der Waals surface area contributed by atoms with Crippen molar-refractivity contribution in [2.75, 3.05) is 0 Å². The lowest BCUT2D eigenvalue weighted by molar-refractivity contribution is 0.590. The minimum atomic E-state index is -0.0330. The first-order valence-electron chi connectivity index (χ1n) is 43.0. The van der Waals surface area contributed by atoms with Crippen LogP contribution in [0.2, 0.25) is 0 Å². The highest BCUT2D eigenvalue weighted by Crippen LogP contribution is 2.51. The van der Waals surface area contributed by atoms with E-state index < -0.39 is 0 Å². The van der Waals surface area contributed by atoms with Crippen molar-refractivity contribution in [1.82, 2.24) is 18.3 Å². The highest BCUT2D eigenvalue weighted by molar-refractivity contribution is 6.25. The molecule has 0 bridgehead atoms. The Balaban J connectivity index is 0.000000158. The predicted molar refractivity (Wildman–Crippen MR) is 533 cm³/mol. The number of fused-ring (bicyclic) bond motifs is 16. The molecule has 0 saturated heterocycles. The number of rotatable bonds is 8. The summed E-state index contributed by atoms with van der Waals surface area (Å²) in [6.07, 6.45) is 0. The van der Waals surface area contributed by atoms with Gasteiger partial charge in [-0.15, -0.1) is 0 Å². The third kappa shape index (κ3) is 13.0. The van der Waals surface area contributed by atoms with Gasteiger partial charge in [-0.05, 0) is 315 Å². The van der Waals surface area contributed by atoms with Gasteiger partial charge in [-0.25, -0.2) is 19.4 Å². The lowest BCUT2D eigenvalue weighted by Gasteiger charge is -2.23. The van der Waals surface area contributed by atoms with Gasteiger partial charge < -0.3 is 18.3 Å². The summed E-state index contributed by atoms with van der Waals surface area (Å²) in [5, 5.41) is 55.8. The molecule has 0 aliphatic rings. The topological polar surface area (TPSA) is 132 Å². The Hall–Kier alpha value is -17.9. The Morgan fingerprint density at radius 3 is 0.615 bits per heavy atom. The van der Waals surface area contributed by atoms with Crippen LogP contribution in [0.25, 0.3) is 217 Å². The molecule has 12 nitrogen and oxygen atoms in total. The first-order valence-corrected chi connectivity index (χ1v) is 43.0. The highest BCUT2D eigenvalue weighted by Gasteiger charge is 2.28. The molecule has 0 radical (unpaired) electrons. The van der Waals surface area contributed by atoms with Crippen molar-refractivity contribution in [3.8, 4) is 91.5 Å². The van der Waals surface area contributed by atoms with Crippen LogP contribution >= 0.6 is 0 Å². The number of hydrogen-bond acceptors (Lipinski definition) is 4. The van der Waals surface area contributed by atoms with Crippen molar-refractivity contribution in [3.63, 3.8) is 0 Å². The second-order valence-corrected chi connectivity index (χ2v) is 35.8. The van der Waals surface area contributed by atoms with Crippen molar-refractivity contribution < 1.29 is 0 Å². The van der Waals surface area contributed by atoms with Crippen molar-refractivity contribution in [3.05, 3.63) is 406 Å². The summed E-state index contributed by atoms with van der Waals surface area (Å²) < 4.78 is 9.01. The molecule has 0 fully saturated rings. The Morgan fingerprint density at radius 1 is 0.215 bits per heavy atom. The molecule has 0 amide bonds. The van der Waals surface area contributed by atoms with Crippen LogP contribution in [0.3, 0.4) is 0 Å². The molecule has 4 heterocycles. The smallest absolute Gasteiger partial charge is 0.188 e. The van der Waals surface area contributed by atoms with E-state index in [1.165, 1.54) is 22.3 Å². The van der Waals surface area contributed by atoms with Gasteiger partial charge in [-0.1, -0.05) is 198 Å². The molecular formula is C118H76N12. The standard InChI is InChI=1S/C62H44N6.C56H32N6/c1-61(2,3)41-15-11-39(12-16-41)59-47-23-21-46(68-56-26-10-38(36-64)30-50(56)52-32-44(66-8)20-28-58(52)68)34-54(47)60(40-13-17-42(18-14-40)62(4,5)6)48-24-22-45(33-53(48)59)67-55-25-9-37(35-63)29-49(55)51-31-43(65-7)19-27-57(51)67;1-33-5-11-37(12-6-33)55-43-19-17-42(62-52-22-10-36(32-58)26-46(52)48-28-40(60-4)16-24-54(48)62)30-50(43)56(38-13-7-34(2)8-14-38)44-20-18-41(29-49(44)55)61-51-21-9-35(31-57)25-45(51)47-27-39(59-3)15-23-53(47)61/h9-34H,1-6H3;5-30H,1-2H3. The maximum absolute atomic E-state index is 9.95. The molecule has 0 atom stereocenters. The van der Waals surface area contributed by atoms with E-state index in [4.69, 9.17) is 26.3 Å². The van der Waals surface area contributed by atoms with Crippen LogP contribution in [-0.4, -0.2) is 18.3 Å². The first kappa shape index (κ1) is 79.3. The highest BCUT2D eigenvalue weighted by atomic mass is 15.0. The number of nitrogens with zero attached hydrogens (tertiary/aromatic N) is 12. The normalized spacial score (nSPS) is 11.6.